The third kappa shape index (κ3) is 2.38. The Labute approximate surface area is 78.9 Å². The third-order valence-electron chi connectivity index (χ3n) is 1.81. The lowest BCUT2D eigenvalue weighted by Crippen LogP contribution is -1.77. The summed E-state index contributed by atoms with van der Waals surface area (Å²) in [6, 6.07) is 7.93. The summed E-state index contributed by atoms with van der Waals surface area (Å²) < 4.78 is 0. The molecule has 1 rings (SSSR count). The molecule has 0 aliphatic rings. The molecule has 12 heavy (non-hydrogen) atoms. The highest BCUT2D eigenvalue weighted by molar-refractivity contribution is 6.30. The van der Waals surface area contributed by atoms with Crippen molar-refractivity contribution in [1.82, 2.24) is 0 Å². The van der Waals surface area contributed by atoms with Crippen molar-refractivity contribution < 1.29 is 0 Å². The van der Waals surface area contributed by atoms with E-state index >= 15 is 0 Å². The van der Waals surface area contributed by atoms with Crippen LogP contribution in [0, 0.1) is 0 Å². The molecule has 0 aliphatic heterocycles. The van der Waals surface area contributed by atoms with Crippen LogP contribution >= 0.6 is 11.6 Å². The highest BCUT2D eigenvalue weighted by Gasteiger charge is 1.93. The SMILES string of the molecule is CC/C=C(/C)c1ccc(Cl)cc1. The van der Waals surface area contributed by atoms with Crippen molar-refractivity contribution in [3.05, 3.63) is 40.9 Å². The molecule has 0 heterocycles. The average molecular weight is 181 g/mol. The minimum Gasteiger partial charge on any atom is -0.0843 e. The lowest BCUT2D eigenvalue weighted by molar-refractivity contribution is 1.22. The molecule has 0 spiro atoms. The molecular formula is C11H13Cl. The lowest BCUT2D eigenvalue weighted by Gasteiger charge is -2.00. The van der Waals surface area contributed by atoms with E-state index in [1.807, 2.05) is 24.3 Å². The van der Waals surface area contributed by atoms with Crippen LogP contribution in [0.1, 0.15) is 25.8 Å². The molecule has 0 saturated heterocycles. The van der Waals surface area contributed by atoms with Gasteiger partial charge in [0.2, 0.25) is 0 Å². The van der Waals surface area contributed by atoms with Crippen molar-refractivity contribution >= 4 is 17.2 Å². The van der Waals surface area contributed by atoms with E-state index in [9.17, 15) is 0 Å². The summed E-state index contributed by atoms with van der Waals surface area (Å²) in [5.41, 5.74) is 2.57. The van der Waals surface area contributed by atoms with Crippen LogP contribution in [0.3, 0.4) is 0 Å². The predicted molar refractivity (Wildman–Crippen MR) is 55.4 cm³/mol. The molecule has 64 valence electrons. The zero-order valence-corrected chi connectivity index (χ0v) is 8.23. The fraction of sp³-hybridized carbons (Fsp3) is 0.273. The van der Waals surface area contributed by atoms with Gasteiger partial charge in [-0.3, -0.25) is 0 Å². The van der Waals surface area contributed by atoms with E-state index < -0.39 is 0 Å². The van der Waals surface area contributed by atoms with Crippen LogP contribution in [0.2, 0.25) is 5.02 Å². The average Bonchev–Trinajstić information content (AvgIpc) is 2.06. The second kappa shape index (κ2) is 4.32. The molecule has 0 amide bonds. The molecule has 0 nitrogen and oxygen atoms in total. The summed E-state index contributed by atoms with van der Waals surface area (Å²) in [4.78, 5) is 0. The number of rotatable bonds is 2. The quantitative estimate of drug-likeness (QED) is 0.642. The fourth-order valence-electron chi connectivity index (χ4n) is 1.14. The minimum atomic E-state index is 0.794. The number of allylic oxidation sites excluding steroid dienone is 2. The van der Waals surface area contributed by atoms with Gasteiger partial charge >= 0.3 is 0 Å². The normalized spacial score (nSPS) is 11.8. The van der Waals surface area contributed by atoms with Gasteiger partial charge in [0.1, 0.15) is 0 Å². The van der Waals surface area contributed by atoms with Gasteiger partial charge in [-0.15, -0.1) is 0 Å². The van der Waals surface area contributed by atoms with Crippen molar-refractivity contribution in [1.29, 1.82) is 0 Å². The van der Waals surface area contributed by atoms with Crippen LogP contribution in [-0.2, 0) is 0 Å². The van der Waals surface area contributed by atoms with Crippen LogP contribution in [0.25, 0.3) is 5.57 Å². The third-order valence-corrected chi connectivity index (χ3v) is 2.06. The van der Waals surface area contributed by atoms with E-state index in [0.717, 1.165) is 11.4 Å². The van der Waals surface area contributed by atoms with Crippen molar-refractivity contribution in [3.8, 4) is 0 Å². The van der Waals surface area contributed by atoms with E-state index in [-0.39, 0.29) is 0 Å². The highest BCUT2D eigenvalue weighted by atomic mass is 35.5. The van der Waals surface area contributed by atoms with Gasteiger partial charge in [0.25, 0.3) is 0 Å². The second-order valence-electron chi connectivity index (χ2n) is 2.80. The van der Waals surface area contributed by atoms with Gasteiger partial charge in [-0.25, -0.2) is 0 Å². The van der Waals surface area contributed by atoms with Crippen molar-refractivity contribution in [2.24, 2.45) is 0 Å². The van der Waals surface area contributed by atoms with Crippen molar-refractivity contribution in [2.75, 3.05) is 0 Å². The molecule has 1 aromatic carbocycles. The predicted octanol–water partition coefficient (Wildman–Crippen LogP) is 4.15. The Hall–Kier alpha value is -0.750. The fourth-order valence-corrected chi connectivity index (χ4v) is 1.26. The maximum Gasteiger partial charge on any atom is 0.0406 e. The Morgan fingerprint density at radius 2 is 1.92 bits per heavy atom. The van der Waals surface area contributed by atoms with Gasteiger partial charge in [0.05, 0.1) is 0 Å². The van der Waals surface area contributed by atoms with Crippen LogP contribution in [0.4, 0.5) is 0 Å². The van der Waals surface area contributed by atoms with Gasteiger partial charge < -0.3 is 0 Å². The molecule has 0 saturated carbocycles. The van der Waals surface area contributed by atoms with Gasteiger partial charge in [-0.1, -0.05) is 36.7 Å². The topological polar surface area (TPSA) is 0 Å². The first-order valence-corrected chi connectivity index (χ1v) is 4.54. The number of hydrogen-bond donors (Lipinski definition) is 0. The van der Waals surface area contributed by atoms with Gasteiger partial charge in [0, 0.05) is 5.02 Å². The number of hydrogen-bond acceptors (Lipinski definition) is 0. The van der Waals surface area contributed by atoms with Gasteiger partial charge in [-0.2, -0.15) is 0 Å². The monoisotopic (exact) mass is 180 g/mol. The van der Waals surface area contributed by atoms with Gasteiger partial charge in [0.15, 0.2) is 0 Å². The Balaban J connectivity index is 2.89. The maximum absolute atomic E-state index is 5.77. The van der Waals surface area contributed by atoms with E-state index in [4.69, 9.17) is 11.6 Å². The summed E-state index contributed by atoms with van der Waals surface area (Å²) in [6.45, 7) is 4.26. The molecule has 0 fully saturated rings. The van der Waals surface area contributed by atoms with Crippen molar-refractivity contribution in [3.63, 3.8) is 0 Å². The summed E-state index contributed by atoms with van der Waals surface area (Å²) in [7, 11) is 0. The van der Waals surface area contributed by atoms with Crippen molar-refractivity contribution in [2.45, 2.75) is 20.3 Å². The van der Waals surface area contributed by atoms with E-state index in [0.29, 0.717) is 0 Å². The Kier molecular flexibility index (Phi) is 3.36. The molecule has 1 aromatic rings. The van der Waals surface area contributed by atoms with E-state index in [1.165, 1.54) is 11.1 Å². The lowest BCUT2D eigenvalue weighted by atomic mass is 10.1. The highest BCUT2D eigenvalue weighted by Crippen LogP contribution is 2.17. The molecule has 1 heteroatoms. The van der Waals surface area contributed by atoms with E-state index in [1.54, 1.807) is 0 Å². The first kappa shape index (κ1) is 9.34. The van der Waals surface area contributed by atoms with E-state index in [2.05, 4.69) is 19.9 Å². The zero-order chi connectivity index (χ0) is 8.97. The molecule has 0 unspecified atom stereocenters. The van der Waals surface area contributed by atoms with Crippen LogP contribution in [-0.4, -0.2) is 0 Å². The molecule has 0 aliphatic carbocycles. The largest absolute Gasteiger partial charge is 0.0843 e. The maximum atomic E-state index is 5.77. The molecule has 0 radical (unpaired) electrons. The molecule has 0 aromatic heterocycles. The van der Waals surface area contributed by atoms with Crippen LogP contribution in [0.15, 0.2) is 30.3 Å². The second-order valence-corrected chi connectivity index (χ2v) is 3.24. The molecule has 0 bridgehead atoms. The summed E-state index contributed by atoms with van der Waals surface area (Å²) in [5.74, 6) is 0. The Morgan fingerprint density at radius 3 is 2.42 bits per heavy atom. The number of halogens is 1. The smallest absolute Gasteiger partial charge is 0.0406 e. The molecule has 0 N–H and O–H groups in total. The first-order valence-electron chi connectivity index (χ1n) is 4.16. The zero-order valence-electron chi connectivity index (χ0n) is 7.47. The van der Waals surface area contributed by atoms with Gasteiger partial charge in [-0.05, 0) is 36.6 Å². The Bertz CT molecular complexity index is 270. The minimum absolute atomic E-state index is 0.794. The summed E-state index contributed by atoms with van der Waals surface area (Å²) >= 11 is 5.77. The first-order chi connectivity index (χ1) is 5.74. The van der Waals surface area contributed by atoms with Crippen LogP contribution < -0.4 is 0 Å². The van der Waals surface area contributed by atoms with Crippen LogP contribution in [0.5, 0.6) is 0 Å². The summed E-state index contributed by atoms with van der Waals surface area (Å²) in [5, 5.41) is 0.794. The number of benzene rings is 1. The molecule has 0 atom stereocenters. The standard InChI is InChI=1S/C11H13Cl/c1-3-4-9(2)10-5-7-11(12)8-6-10/h4-8H,3H2,1-2H3/b9-4-. The Morgan fingerprint density at radius 1 is 1.33 bits per heavy atom. The summed E-state index contributed by atoms with van der Waals surface area (Å²) in [6.07, 6.45) is 3.29. The molecular weight excluding hydrogens is 168 g/mol.